The van der Waals surface area contributed by atoms with Crippen LogP contribution in [0.1, 0.15) is 6.92 Å². The number of carbonyl (C=O) groups is 2. The lowest BCUT2D eigenvalue weighted by molar-refractivity contribution is -0.145. The Morgan fingerprint density at radius 1 is 1.80 bits per heavy atom. The van der Waals surface area contributed by atoms with Crippen molar-refractivity contribution in [3.05, 3.63) is 0 Å². The summed E-state index contributed by atoms with van der Waals surface area (Å²) in [4.78, 5) is 18.5. The van der Waals surface area contributed by atoms with E-state index in [4.69, 9.17) is 15.0 Å². The lowest BCUT2D eigenvalue weighted by Gasteiger charge is -1.89. The molecule has 0 bridgehead atoms. The molecule has 1 unspecified atom stereocenters. The van der Waals surface area contributed by atoms with Crippen LogP contribution in [0.2, 0.25) is 0 Å². The minimum Gasteiger partial charge on any atom is -0.479 e. The Labute approximate surface area is 58.5 Å². The van der Waals surface area contributed by atoms with Crippen LogP contribution in [0.4, 0.5) is 0 Å². The molecule has 5 nitrogen and oxygen atoms in total. The lowest BCUT2D eigenvalue weighted by Crippen LogP contribution is -2.13. The van der Waals surface area contributed by atoms with E-state index >= 15 is 0 Å². The molecule has 0 rings (SSSR count). The Balaban J connectivity index is 0. The van der Waals surface area contributed by atoms with Gasteiger partial charge in [-0.3, -0.25) is 0 Å². The van der Waals surface area contributed by atoms with E-state index in [1.165, 1.54) is 6.92 Å². The third-order valence-electron chi connectivity index (χ3n) is 0.454. The molecule has 0 aromatic rings. The van der Waals surface area contributed by atoms with Gasteiger partial charge in [0.05, 0.1) is 0 Å². The molecule has 0 saturated heterocycles. The van der Waals surface area contributed by atoms with Crippen LogP contribution >= 0.6 is 0 Å². The quantitative estimate of drug-likeness (QED) is 0.419. The highest BCUT2D eigenvalue weighted by atomic mass is 16.4. The Bertz CT molecular complexity index is 102. The lowest BCUT2D eigenvalue weighted by atomic mass is 10.4. The fraction of sp³-hybridized carbons (Fsp3) is 0.600. The van der Waals surface area contributed by atoms with E-state index in [2.05, 4.69) is 5.73 Å². The van der Waals surface area contributed by atoms with E-state index in [-0.39, 0.29) is 6.54 Å². The molecule has 0 aliphatic rings. The normalized spacial score (nSPS) is 10.7. The molecule has 0 aliphatic carbocycles. The summed E-state index contributed by atoms with van der Waals surface area (Å²) in [6.45, 7) is 1.34. The average Bonchev–Trinajstić information content (AvgIpc) is 1.89. The van der Waals surface area contributed by atoms with Crippen molar-refractivity contribution in [3.63, 3.8) is 0 Å². The predicted molar refractivity (Wildman–Crippen MR) is 34.4 cm³/mol. The first kappa shape index (κ1) is 11.8. The zero-order chi connectivity index (χ0) is 8.57. The van der Waals surface area contributed by atoms with Crippen molar-refractivity contribution < 1.29 is 19.8 Å². The summed E-state index contributed by atoms with van der Waals surface area (Å²) in [6, 6.07) is 0. The predicted octanol–water partition coefficient (Wildman–Crippen LogP) is -1.40. The summed E-state index contributed by atoms with van der Waals surface area (Å²) in [5, 5.41) is 15.8. The van der Waals surface area contributed by atoms with Crippen LogP contribution in [0.3, 0.4) is 0 Å². The van der Waals surface area contributed by atoms with E-state index in [0.29, 0.717) is 6.29 Å². The molecule has 60 valence electrons. The largest absolute Gasteiger partial charge is 0.479 e. The van der Waals surface area contributed by atoms with Crippen LogP contribution in [0.5, 0.6) is 0 Å². The highest BCUT2D eigenvalue weighted by Crippen LogP contribution is 1.73. The number of hydrogen-bond donors (Lipinski definition) is 3. The minimum atomic E-state index is -1.23. The first-order valence-electron chi connectivity index (χ1n) is 2.60. The highest BCUT2D eigenvalue weighted by Gasteiger charge is 2.01. The van der Waals surface area contributed by atoms with Crippen LogP contribution in [-0.4, -0.2) is 35.1 Å². The molecule has 1 atom stereocenters. The van der Waals surface area contributed by atoms with Crippen molar-refractivity contribution >= 4 is 12.3 Å². The highest BCUT2D eigenvalue weighted by molar-refractivity contribution is 5.71. The van der Waals surface area contributed by atoms with Gasteiger partial charge >= 0.3 is 5.97 Å². The van der Waals surface area contributed by atoms with Gasteiger partial charge in [-0.15, -0.1) is 0 Å². The summed E-state index contributed by atoms with van der Waals surface area (Å²) >= 11 is 0. The van der Waals surface area contributed by atoms with Crippen molar-refractivity contribution in [2.24, 2.45) is 5.73 Å². The van der Waals surface area contributed by atoms with Gasteiger partial charge < -0.3 is 20.7 Å². The molecule has 0 radical (unpaired) electrons. The van der Waals surface area contributed by atoms with Crippen LogP contribution in [0.25, 0.3) is 0 Å². The minimum absolute atomic E-state index is 0.139. The first-order chi connectivity index (χ1) is 4.56. The summed E-state index contributed by atoms with van der Waals surface area (Å²) in [7, 11) is 0. The van der Waals surface area contributed by atoms with Crippen molar-refractivity contribution in [2.45, 2.75) is 13.0 Å². The van der Waals surface area contributed by atoms with Crippen molar-refractivity contribution in [3.8, 4) is 0 Å². The Morgan fingerprint density at radius 3 is 2.00 bits per heavy atom. The van der Waals surface area contributed by atoms with E-state index in [1.54, 1.807) is 0 Å². The van der Waals surface area contributed by atoms with Gasteiger partial charge in [0.1, 0.15) is 12.4 Å². The van der Waals surface area contributed by atoms with E-state index in [1.807, 2.05) is 0 Å². The smallest absolute Gasteiger partial charge is 0.332 e. The van der Waals surface area contributed by atoms with Crippen LogP contribution in [0, 0.1) is 0 Å². The fourth-order valence-electron chi connectivity index (χ4n) is 0. The molecule has 10 heavy (non-hydrogen) atoms. The van der Waals surface area contributed by atoms with Gasteiger partial charge in [0.15, 0.2) is 0 Å². The number of carboxylic acid groups (broad SMARTS) is 1. The van der Waals surface area contributed by atoms with E-state index in [9.17, 15) is 4.79 Å². The maximum absolute atomic E-state index is 9.45. The van der Waals surface area contributed by atoms with Gasteiger partial charge in [-0.1, -0.05) is 0 Å². The number of aldehydes is 1. The molecule has 0 spiro atoms. The second-order valence-electron chi connectivity index (χ2n) is 1.42. The second-order valence-corrected chi connectivity index (χ2v) is 1.42. The fourth-order valence-corrected chi connectivity index (χ4v) is 0. The van der Waals surface area contributed by atoms with Gasteiger partial charge in [0, 0.05) is 6.54 Å². The molecule has 0 aromatic heterocycles. The molecule has 0 aliphatic heterocycles. The summed E-state index contributed by atoms with van der Waals surface area (Å²) < 4.78 is 0. The van der Waals surface area contributed by atoms with E-state index in [0.717, 1.165) is 0 Å². The molecular formula is C5H11NO4. The second kappa shape index (κ2) is 8.06. The van der Waals surface area contributed by atoms with Crippen LogP contribution in [-0.2, 0) is 9.59 Å². The third kappa shape index (κ3) is 15.7. The maximum Gasteiger partial charge on any atom is 0.332 e. The average molecular weight is 149 g/mol. The standard InChI is InChI=1S/C3H6O3.C2H5NO/c1-2(4)3(5)6;3-1-2-4/h2,4H,1H3,(H,5,6);2H,1,3H2. The van der Waals surface area contributed by atoms with Crippen LogP contribution in [0.15, 0.2) is 0 Å². The number of aliphatic hydroxyl groups is 1. The number of hydrogen-bond acceptors (Lipinski definition) is 4. The van der Waals surface area contributed by atoms with Gasteiger partial charge in [-0.2, -0.15) is 0 Å². The van der Waals surface area contributed by atoms with Crippen molar-refractivity contribution in [1.82, 2.24) is 0 Å². The number of carbonyl (C=O) groups excluding carboxylic acids is 1. The molecule has 0 aromatic carbocycles. The molecule has 4 N–H and O–H groups in total. The number of rotatable bonds is 2. The maximum atomic E-state index is 9.45. The first-order valence-corrected chi connectivity index (χ1v) is 2.60. The van der Waals surface area contributed by atoms with Gasteiger partial charge in [-0.25, -0.2) is 4.79 Å². The Hall–Kier alpha value is -0.940. The third-order valence-corrected chi connectivity index (χ3v) is 0.454. The summed E-state index contributed by atoms with van der Waals surface area (Å²) in [5.41, 5.74) is 4.66. The molecule has 0 fully saturated rings. The van der Waals surface area contributed by atoms with Crippen LogP contribution < -0.4 is 5.73 Å². The zero-order valence-electron chi connectivity index (χ0n) is 5.65. The molecule has 0 amide bonds. The number of aliphatic hydroxyl groups excluding tert-OH is 1. The number of aliphatic carboxylic acids is 1. The topological polar surface area (TPSA) is 101 Å². The number of carboxylic acids is 1. The Kier molecular flexibility index (Phi) is 9.52. The molecule has 0 heterocycles. The SMILES string of the molecule is CC(O)C(=O)O.NCC=O. The monoisotopic (exact) mass is 149 g/mol. The van der Waals surface area contributed by atoms with Gasteiger partial charge in [0.2, 0.25) is 0 Å². The van der Waals surface area contributed by atoms with Crippen molar-refractivity contribution in [1.29, 1.82) is 0 Å². The summed E-state index contributed by atoms with van der Waals surface area (Å²) in [6.07, 6.45) is -0.579. The molecule has 0 saturated carbocycles. The van der Waals surface area contributed by atoms with Gasteiger partial charge in [-0.05, 0) is 6.92 Å². The van der Waals surface area contributed by atoms with E-state index < -0.39 is 12.1 Å². The van der Waals surface area contributed by atoms with Gasteiger partial charge in [0.25, 0.3) is 0 Å². The van der Waals surface area contributed by atoms with Crippen molar-refractivity contribution in [2.75, 3.05) is 6.54 Å². The molecular weight excluding hydrogens is 138 g/mol. The zero-order valence-corrected chi connectivity index (χ0v) is 5.65. The Morgan fingerprint density at radius 2 is 2.00 bits per heavy atom. The summed E-state index contributed by atoms with van der Waals surface area (Å²) in [5.74, 6) is -1.19. The molecule has 5 heteroatoms. The number of nitrogens with two attached hydrogens (primary N) is 1.